The van der Waals surface area contributed by atoms with Gasteiger partial charge in [0, 0.05) is 0 Å². The molecule has 0 saturated heterocycles. The average Bonchev–Trinajstić information content (AvgIpc) is 2.46. The molecule has 0 spiro atoms. The molecule has 20 heavy (non-hydrogen) atoms. The van der Waals surface area contributed by atoms with E-state index in [1.807, 2.05) is 12.1 Å². The molecule has 2 rings (SSSR count). The minimum Gasteiger partial charge on any atom is -0.508 e. The second-order valence-corrected chi connectivity index (χ2v) is 4.51. The number of benzene rings is 2. The fourth-order valence-corrected chi connectivity index (χ4v) is 2.02. The summed E-state index contributed by atoms with van der Waals surface area (Å²) >= 11 is 0. The predicted molar refractivity (Wildman–Crippen MR) is 75.5 cm³/mol. The van der Waals surface area contributed by atoms with Gasteiger partial charge in [-0.3, -0.25) is 0 Å². The largest absolute Gasteiger partial charge is 0.508 e. The van der Waals surface area contributed by atoms with E-state index in [0.717, 1.165) is 24.0 Å². The highest BCUT2D eigenvalue weighted by Gasteiger charge is 2.11. The van der Waals surface area contributed by atoms with Gasteiger partial charge in [-0.15, -0.1) is 0 Å². The quantitative estimate of drug-likeness (QED) is 0.878. The molecule has 0 atom stereocenters. The van der Waals surface area contributed by atoms with Crippen molar-refractivity contribution in [3.8, 4) is 11.5 Å². The number of carboxylic acids is 1. The van der Waals surface area contributed by atoms with Crippen LogP contribution in [-0.4, -0.2) is 23.3 Å². The molecule has 4 nitrogen and oxygen atoms in total. The highest BCUT2D eigenvalue weighted by Crippen LogP contribution is 2.21. The van der Waals surface area contributed by atoms with Gasteiger partial charge in [0.2, 0.25) is 0 Å². The Kier molecular flexibility index (Phi) is 4.25. The molecule has 4 heteroatoms. The van der Waals surface area contributed by atoms with E-state index in [9.17, 15) is 9.90 Å². The van der Waals surface area contributed by atoms with Crippen molar-refractivity contribution in [2.24, 2.45) is 0 Å². The maximum absolute atomic E-state index is 11.0. The lowest BCUT2D eigenvalue weighted by Crippen LogP contribution is -2.01. The molecule has 0 heterocycles. The maximum Gasteiger partial charge on any atom is 0.339 e. The van der Waals surface area contributed by atoms with Gasteiger partial charge in [-0.1, -0.05) is 18.2 Å². The molecule has 2 N–H and O–H groups in total. The molecule has 0 amide bonds. The molecule has 0 aliphatic rings. The molecule has 0 aliphatic heterocycles. The molecule has 0 bridgehead atoms. The molecular formula is C16H16O4. The first-order chi connectivity index (χ1) is 9.60. The SMILES string of the molecule is COc1cc(CCc2ccc(O)cc2)ccc1C(=O)O. The highest BCUT2D eigenvalue weighted by molar-refractivity contribution is 5.90. The number of phenolic OH excluding ortho intramolecular Hbond substituents is 1. The van der Waals surface area contributed by atoms with Crippen LogP contribution in [0.15, 0.2) is 42.5 Å². The molecule has 0 saturated carbocycles. The zero-order valence-corrected chi connectivity index (χ0v) is 11.2. The summed E-state index contributed by atoms with van der Waals surface area (Å²) in [6, 6.07) is 12.2. The highest BCUT2D eigenvalue weighted by atomic mass is 16.5. The van der Waals surface area contributed by atoms with E-state index >= 15 is 0 Å². The van der Waals surface area contributed by atoms with Crippen molar-refractivity contribution < 1.29 is 19.7 Å². The standard InChI is InChI=1S/C16H16O4/c1-20-15-10-12(6-9-14(15)16(18)19)3-2-11-4-7-13(17)8-5-11/h4-10,17H,2-3H2,1H3,(H,18,19). The van der Waals surface area contributed by atoms with Gasteiger partial charge in [0.1, 0.15) is 17.1 Å². The number of carbonyl (C=O) groups is 1. The number of methoxy groups -OCH3 is 1. The summed E-state index contributed by atoms with van der Waals surface area (Å²) in [7, 11) is 1.46. The lowest BCUT2D eigenvalue weighted by Gasteiger charge is -2.08. The van der Waals surface area contributed by atoms with E-state index in [1.54, 1.807) is 30.3 Å². The third kappa shape index (κ3) is 3.29. The predicted octanol–water partition coefficient (Wildman–Crippen LogP) is 2.88. The fraction of sp³-hybridized carbons (Fsp3) is 0.188. The Morgan fingerprint density at radius 1 is 1.05 bits per heavy atom. The Morgan fingerprint density at radius 3 is 2.25 bits per heavy atom. The fourth-order valence-electron chi connectivity index (χ4n) is 2.02. The van der Waals surface area contributed by atoms with Gasteiger partial charge in [0.25, 0.3) is 0 Å². The lowest BCUT2D eigenvalue weighted by atomic mass is 10.0. The zero-order chi connectivity index (χ0) is 14.5. The summed E-state index contributed by atoms with van der Waals surface area (Å²) < 4.78 is 5.10. The number of aryl methyl sites for hydroxylation is 2. The van der Waals surface area contributed by atoms with Crippen LogP contribution in [0.3, 0.4) is 0 Å². The lowest BCUT2D eigenvalue weighted by molar-refractivity contribution is 0.0693. The number of carboxylic acid groups (broad SMARTS) is 1. The van der Waals surface area contributed by atoms with Crippen LogP contribution in [0.4, 0.5) is 0 Å². The van der Waals surface area contributed by atoms with Crippen molar-refractivity contribution >= 4 is 5.97 Å². The maximum atomic E-state index is 11.0. The molecular weight excluding hydrogens is 256 g/mol. The first-order valence-electron chi connectivity index (χ1n) is 6.28. The van der Waals surface area contributed by atoms with E-state index in [1.165, 1.54) is 7.11 Å². The van der Waals surface area contributed by atoms with E-state index in [2.05, 4.69) is 0 Å². The summed E-state index contributed by atoms with van der Waals surface area (Å²) in [6.45, 7) is 0. The average molecular weight is 272 g/mol. The van der Waals surface area contributed by atoms with E-state index in [0.29, 0.717) is 5.75 Å². The topological polar surface area (TPSA) is 66.8 Å². The van der Waals surface area contributed by atoms with Crippen LogP contribution < -0.4 is 4.74 Å². The number of aromatic hydroxyl groups is 1. The smallest absolute Gasteiger partial charge is 0.339 e. The molecule has 0 aromatic heterocycles. The van der Waals surface area contributed by atoms with Crippen molar-refractivity contribution in [1.82, 2.24) is 0 Å². The van der Waals surface area contributed by atoms with Gasteiger partial charge in [-0.25, -0.2) is 4.79 Å². The number of phenols is 1. The van der Waals surface area contributed by atoms with E-state index in [-0.39, 0.29) is 11.3 Å². The second-order valence-electron chi connectivity index (χ2n) is 4.51. The number of aromatic carboxylic acids is 1. The number of hydrogen-bond donors (Lipinski definition) is 2. The first-order valence-corrected chi connectivity index (χ1v) is 6.28. The van der Waals surface area contributed by atoms with Gasteiger partial charge in [0.05, 0.1) is 7.11 Å². The second kappa shape index (κ2) is 6.10. The molecule has 0 aliphatic carbocycles. The Labute approximate surface area is 117 Å². The molecule has 0 radical (unpaired) electrons. The van der Waals surface area contributed by atoms with Crippen LogP contribution in [0.2, 0.25) is 0 Å². The van der Waals surface area contributed by atoms with E-state index in [4.69, 9.17) is 9.84 Å². The van der Waals surface area contributed by atoms with Crippen molar-refractivity contribution in [2.75, 3.05) is 7.11 Å². The van der Waals surface area contributed by atoms with Crippen molar-refractivity contribution in [1.29, 1.82) is 0 Å². The summed E-state index contributed by atoms with van der Waals surface area (Å²) in [4.78, 5) is 11.0. The molecule has 2 aromatic carbocycles. The van der Waals surface area contributed by atoms with E-state index < -0.39 is 5.97 Å². The van der Waals surface area contributed by atoms with Crippen LogP contribution in [0.25, 0.3) is 0 Å². The van der Waals surface area contributed by atoms with Crippen LogP contribution >= 0.6 is 0 Å². The summed E-state index contributed by atoms with van der Waals surface area (Å²) in [5, 5.41) is 18.2. The van der Waals surface area contributed by atoms with Gasteiger partial charge in [-0.2, -0.15) is 0 Å². The van der Waals surface area contributed by atoms with Crippen molar-refractivity contribution in [2.45, 2.75) is 12.8 Å². The number of hydrogen-bond acceptors (Lipinski definition) is 3. The van der Waals surface area contributed by atoms with Crippen molar-refractivity contribution in [3.63, 3.8) is 0 Å². The molecule has 104 valence electrons. The zero-order valence-electron chi connectivity index (χ0n) is 11.2. The van der Waals surface area contributed by atoms with Gasteiger partial charge in [-0.05, 0) is 48.2 Å². The third-order valence-electron chi connectivity index (χ3n) is 3.14. The Bertz CT molecular complexity index is 602. The first kappa shape index (κ1) is 13.9. The van der Waals surface area contributed by atoms with Crippen molar-refractivity contribution in [3.05, 3.63) is 59.2 Å². The Hall–Kier alpha value is -2.49. The Morgan fingerprint density at radius 2 is 1.65 bits per heavy atom. The van der Waals surface area contributed by atoms with Crippen LogP contribution in [0.1, 0.15) is 21.5 Å². The number of ether oxygens (including phenoxy) is 1. The van der Waals surface area contributed by atoms with Gasteiger partial charge in [0.15, 0.2) is 0 Å². The van der Waals surface area contributed by atoms with Crippen LogP contribution in [-0.2, 0) is 12.8 Å². The van der Waals surface area contributed by atoms with Crippen LogP contribution in [0.5, 0.6) is 11.5 Å². The normalized spacial score (nSPS) is 10.2. The summed E-state index contributed by atoms with van der Waals surface area (Å²) in [5.41, 5.74) is 2.30. The number of rotatable bonds is 5. The van der Waals surface area contributed by atoms with Gasteiger partial charge < -0.3 is 14.9 Å². The van der Waals surface area contributed by atoms with Gasteiger partial charge >= 0.3 is 5.97 Å². The van der Waals surface area contributed by atoms with Crippen LogP contribution in [0, 0.1) is 0 Å². The summed E-state index contributed by atoms with van der Waals surface area (Å²) in [6.07, 6.45) is 1.59. The minimum absolute atomic E-state index is 0.167. The molecule has 0 fully saturated rings. The molecule has 0 unspecified atom stereocenters. The third-order valence-corrected chi connectivity index (χ3v) is 3.14. The summed E-state index contributed by atoms with van der Waals surface area (Å²) in [5.74, 6) is -0.367. The minimum atomic E-state index is -0.994. The Balaban J connectivity index is 2.10. The monoisotopic (exact) mass is 272 g/mol. The molecule has 2 aromatic rings.